The van der Waals surface area contributed by atoms with Gasteiger partial charge in [0.1, 0.15) is 23.1 Å². The molecule has 0 spiro atoms. The molecule has 0 saturated carbocycles. The van der Waals surface area contributed by atoms with Crippen LogP contribution in [0.2, 0.25) is 0 Å². The molecule has 1 aromatic heterocycles. The molecule has 1 saturated heterocycles. The SMILES string of the molecule is CCOc1ccc(-c2ccc(CC(=O)CCc3cc(F)cc(OCC(C)C)c3)nc2)c(N2CCCCC2)c1. The highest BCUT2D eigenvalue weighted by Crippen LogP contribution is 2.35. The molecule has 2 aromatic carbocycles. The molecule has 202 valence electrons. The maximum atomic E-state index is 14.0. The monoisotopic (exact) mass is 518 g/mol. The van der Waals surface area contributed by atoms with E-state index < -0.39 is 0 Å². The molecule has 38 heavy (non-hydrogen) atoms. The fraction of sp³-hybridized carbons (Fsp3) is 0.438. The van der Waals surface area contributed by atoms with Gasteiger partial charge in [-0.3, -0.25) is 9.78 Å². The second kappa shape index (κ2) is 13.4. The predicted molar refractivity (Wildman–Crippen MR) is 151 cm³/mol. The highest BCUT2D eigenvalue weighted by atomic mass is 19.1. The quantitative estimate of drug-likeness (QED) is 0.257. The molecule has 5 nitrogen and oxygen atoms in total. The predicted octanol–water partition coefficient (Wildman–Crippen LogP) is 7.06. The highest BCUT2D eigenvalue weighted by Gasteiger charge is 2.17. The molecule has 0 amide bonds. The Morgan fingerprint density at radius 2 is 1.82 bits per heavy atom. The molecule has 1 aliphatic rings. The van der Waals surface area contributed by atoms with Crippen LogP contribution in [0.1, 0.15) is 57.7 Å². The molecule has 1 aliphatic heterocycles. The number of ether oxygens (including phenoxy) is 2. The topological polar surface area (TPSA) is 51.7 Å². The van der Waals surface area contributed by atoms with E-state index in [9.17, 15) is 9.18 Å². The standard InChI is InChI=1S/C32H39FN2O3/c1-4-37-29-12-13-31(32(20-29)35-14-6-5-7-15-35)25-9-10-27(34-21-25)19-28(36)11-8-24-16-26(33)18-30(17-24)38-22-23(2)3/h9-10,12-13,16-18,20-21,23H,4-8,11,14-15,19,22H2,1-3H3. The van der Waals surface area contributed by atoms with Gasteiger partial charge >= 0.3 is 0 Å². The van der Waals surface area contributed by atoms with Crippen LogP contribution in [0.25, 0.3) is 11.1 Å². The van der Waals surface area contributed by atoms with Crippen molar-refractivity contribution in [1.82, 2.24) is 4.98 Å². The van der Waals surface area contributed by atoms with Crippen LogP contribution in [-0.4, -0.2) is 37.1 Å². The summed E-state index contributed by atoms with van der Waals surface area (Å²) in [7, 11) is 0. The number of hydrogen-bond donors (Lipinski definition) is 0. The minimum absolute atomic E-state index is 0.0780. The molecule has 1 fully saturated rings. The third kappa shape index (κ3) is 7.80. The minimum atomic E-state index is -0.343. The smallest absolute Gasteiger partial charge is 0.139 e. The van der Waals surface area contributed by atoms with E-state index in [4.69, 9.17) is 9.47 Å². The third-order valence-electron chi connectivity index (χ3n) is 6.70. The molecule has 0 atom stereocenters. The van der Waals surface area contributed by atoms with Gasteiger partial charge in [0.05, 0.1) is 13.2 Å². The van der Waals surface area contributed by atoms with Gasteiger partial charge in [-0.25, -0.2) is 4.39 Å². The molecular formula is C32H39FN2O3. The minimum Gasteiger partial charge on any atom is -0.494 e. The van der Waals surface area contributed by atoms with Crippen molar-refractivity contribution < 1.29 is 18.7 Å². The Morgan fingerprint density at radius 1 is 1.00 bits per heavy atom. The summed E-state index contributed by atoms with van der Waals surface area (Å²) in [6.45, 7) is 9.33. The van der Waals surface area contributed by atoms with Crippen molar-refractivity contribution in [1.29, 1.82) is 0 Å². The van der Waals surface area contributed by atoms with Crippen LogP contribution >= 0.6 is 0 Å². The van der Waals surface area contributed by atoms with Crippen LogP contribution in [0.15, 0.2) is 54.7 Å². The Bertz CT molecular complexity index is 1200. The molecule has 0 bridgehead atoms. The van der Waals surface area contributed by atoms with Crippen LogP contribution < -0.4 is 14.4 Å². The van der Waals surface area contributed by atoms with Crippen molar-refractivity contribution in [3.8, 4) is 22.6 Å². The number of anilines is 1. The fourth-order valence-corrected chi connectivity index (χ4v) is 4.78. The Labute approximate surface area is 226 Å². The number of aromatic nitrogens is 1. The van der Waals surface area contributed by atoms with E-state index in [2.05, 4.69) is 22.0 Å². The molecular weight excluding hydrogens is 479 g/mol. The summed E-state index contributed by atoms with van der Waals surface area (Å²) >= 11 is 0. The van der Waals surface area contributed by atoms with Crippen molar-refractivity contribution in [2.75, 3.05) is 31.2 Å². The van der Waals surface area contributed by atoms with Crippen molar-refractivity contribution in [2.45, 2.75) is 59.3 Å². The number of carbonyl (C=O) groups excluding carboxylic acids is 1. The molecule has 2 heterocycles. The maximum absolute atomic E-state index is 14.0. The fourth-order valence-electron chi connectivity index (χ4n) is 4.78. The van der Waals surface area contributed by atoms with Gasteiger partial charge in [-0.1, -0.05) is 19.9 Å². The van der Waals surface area contributed by atoms with Crippen LogP contribution in [0.4, 0.5) is 10.1 Å². The zero-order valence-corrected chi connectivity index (χ0v) is 22.8. The van der Waals surface area contributed by atoms with Gasteiger partial charge in [0.15, 0.2) is 0 Å². The number of nitrogens with zero attached hydrogens (tertiary/aromatic N) is 2. The first-order chi connectivity index (χ1) is 18.4. The zero-order valence-electron chi connectivity index (χ0n) is 22.8. The maximum Gasteiger partial charge on any atom is 0.139 e. The van der Waals surface area contributed by atoms with E-state index in [-0.39, 0.29) is 18.0 Å². The number of ketones is 1. The van der Waals surface area contributed by atoms with Gasteiger partial charge in [-0.15, -0.1) is 0 Å². The number of halogens is 1. The van der Waals surface area contributed by atoms with Gasteiger partial charge in [0.2, 0.25) is 0 Å². The van der Waals surface area contributed by atoms with Crippen LogP contribution in [0.5, 0.6) is 11.5 Å². The van der Waals surface area contributed by atoms with Crippen molar-refractivity contribution in [3.05, 3.63) is 71.8 Å². The average molecular weight is 519 g/mol. The summed E-state index contributed by atoms with van der Waals surface area (Å²) in [4.78, 5) is 19.7. The first-order valence-electron chi connectivity index (χ1n) is 13.8. The number of hydrogen-bond acceptors (Lipinski definition) is 5. The van der Waals surface area contributed by atoms with Crippen molar-refractivity contribution in [3.63, 3.8) is 0 Å². The Hall–Kier alpha value is -3.41. The second-order valence-corrected chi connectivity index (χ2v) is 10.4. The van der Waals surface area contributed by atoms with Crippen LogP contribution in [-0.2, 0) is 17.6 Å². The van der Waals surface area contributed by atoms with E-state index >= 15 is 0 Å². The van der Waals surface area contributed by atoms with Crippen LogP contribution in [0, 0.1) is 11.7 Å². The summed E-state index contributed by atoms with van der Waals surface area (Å²) < 4.78 is 25.5. The van der Waals surface area contributed by atoms with E-state index in [1.807, 2.05) is 51.2 Å². The molecule has 0 unspecified atom stereocenters. The normalized spacial score (nSPS) is 13.6. The molecule has 0 radical (unpaired) electrons. The first kappa shape index (κ1) is 27.6. The van der Waals surface area contributed by atoms with Gasteiger partial charge in [0.25, 0.3) is 0 Å². The van der Waals surface area contributed by atoms with Gasteiger partial charge < -0.3 is 14.4 Å². The average Bonchev–Trinajstić information content (AvgIpc) is 2.92. The molecule has 4 rings (SSSR count). The molecule has 0 N–H and O–H groups in total. The van der Waals surface area contributed by atoms with Crippen molar-refractivity contribution in [2.24, 2.45) is 5.92 Å². The van der Waals surface area contributed by atoms with Gasteiger partial charge in [-0.05, 0) is 74.4 Å². The van der Waals surface area contributed by atoms with E-state index in [1.165, 1.54) is 37.1 Å². The van der Waals surface area contributed by atoms with Crippen molar-refractivity contribution >= 4 is 11.5 Å². The van der Waals surface area contributed by atoms with E-state index in [0.29, 0.717) is 37.7 Å². The van der Waals surface area contributed by atoms with Crippen LogP contribution in [0.3, 0.4) is 0 Å². The number of pyridine rings is 1. The Kier molecular flexibility index (Phi) is 9.74. The number of rotatable bonds is 12. The Morgan fingerprint density at radius 3 is 2.53 bits per heavy atom. The molecule has 3 aromatic rings. The summed E-state index contributed by atoms with van der Waals surface area (Å²) in [6.07, 6.45) is 6.57. The number of carbonyl (C=O) groups is 1. The molecule has 0 aliphatic carbocycles. The number of aryl methyl sites for hydroxylation is 1. The summed E-state index contributed by atoms with van der Waals surface area (Å²) in [5.74, 6) is 1.48. The highest BCUT2D eigenvalue weighted by molar-refractivity contribution is 5.82. The lowest BCUT2D eigenvalue weighted by Gasteiger charge is -2.31. The third-order valence-corrected chi connectivity index (χ3v) is 6.70. The number of benzene rings is 2. The summed E-state index contributed by atoms with van der Waals surface area (Å²) in [5.41, 5.74) is 4.83. The lowest BCUT2D eigenvalue weighted by atomic mass is 10.0. The summed E-state index contributed by atoms with van der Waals surface area (Å²) in [6, 6.07) is 14.9. The Balaban J connectivity index is 1.40. The van der Waals surface area contributed by atoms with E-state index in [1.54, 1.807) is 0 Å². The van der Waals surface area contributed by atoms with E-state index in [0.717, 1.165) is 41.2 Å². The number of piperidine rings is 1. The van der Waals surface area contributed by atoms with Gasteiger partial charge in [-0.2, -0.15) is 0 Å². The molecule has 6 heteroatoms. The lowest BCUT2D eigenvalue weighted by Crippen LogP contribution is -2.29. The number of Topliss-reactive ketones (excluding diaryl/α,β-unsaturated/α-hetero) is 1. The first-order valence-corrected chi connectivity index (χ1v) is 13.8. The lowest BCUT2D eigenvalue weighted by molar-refractivity contribution is -0.118. The zero-order chi connectivity index (χ0) is 26.9. The van der Waals surface area contributed by atoms with Gasteiger partial charge in [0, 0.05) is 66.8 Å². The summed E-state index contributed by atoms with van der Waals surface area (Å²) in [5, 5.41) is 0. The second-order valence-electron chi connectivity index (χ2n) is 10.4. The largest absolute Gasteiger partial charge is 0.494 e.